The Morgan fingerprint density at radius 3 is 2.35 bits per heavy atom. The monoisotopic (exact) mass is 339 g/mol. The minimum atomic E-state index is -3.31. The summed E-state index contributed by atoms with van der Waals surface area (Å²) >= 11 is 0. The van der Waals surface area contributed by atoms with E-state index in [9.17, 15) is 23.1 Å². The predicted octanol–water partition coefficient (Wildman–Crippen LogP) is 1.81. The first-order valence-electron chi connectivity index (χ1n) is 7.52. The molecule has 1 aliphatic rings. The van der Waals surface area contributed by atoms with Crippen LogP contribution in [0.3, 0.4) is 0 Å². The van der Waals surface area contributed by atoms with Crippen LogP contribution in [0.25, 0.3) is 0 Å². The number of carboxylic acid groups (broad SMARTS) is 1. The molecule has 1 fully saturated rings. The van der Waals surface area contributed by atoms with E-state index in [4.69, 9.17) is 0 Å². The molecule has 1 aliphatic heterocycles. The zero-order chi connectivity index (χ0) is 17.3. The van der Waals surface area contributed by atoms with Crippen molar-refractivity contribution in [2.24, 2.45) is 5.41 Å². The van der Waals surface area contributed by atoms with Crippen LogP contribution in [0.4, 0.5) is 0 Å². The Hall–Kier alpha value is -1.89. The number of likely N-dealkylation sites (tertiary alicyclic amines) is 1. The van der Waals surface area contributed by atoms with Gasteiger partial charge in [-0.1, -0.05) is 6.92 Å². The van der Waals surface area contributed by atoms with E-state index < -0.39 is 21.2 Å². The molecule has 126 valence electrons. The lowest BCUT2D eigenvalue weighted by molar-refractivity contribution is -0.152. The molecule has 1 unspecified atom stereocenters. The lowest BCUT2D eigenvalue weighted by atomic mass is 9.77. The van der Waals surface area contributed by atoms with E-state index in [0.29, 0.717) is 31.4 Å². The minimum Gasteiger partial charge on any atom is -0.481 e. The molecular formula is C16H21NO5S. The Labute approximate surface area is 136 Å². The SMILES string of the molecule is CCC1(C(=O)O)CCCN(C(=O)c2ccc(S(C)(=O)=O)cc2)C1. The molecule has 23 heavy (non-hydrogen) atoms. The van der Waals surface area contributed by atoms with E-state index in [1.54, 1.807) is 4.90 Å². The van der Waals surface area contributed by atoms with Crippen molar-refractivity contribution in [3.63, 3.8) is 0 Å². The molecule has 7 heteroatoms. The molecule has 0 aliphatic carbocycles. The third kappa shape index (κ3) is 3.55. The van der Waals surface area contributed by atoms with Crippen LogP contribution in [-0.4, -0.2) is 49.6 Å². The smallest absolute Gasteiger partial charge is 0.311 e. The first-order chi connectivity index (χ1) is 10.7. The van der Waals surface area contributed by atoms with E-state index in [1.165, 1.54) is 24.3 Å². The van der Waals surface area contributed by atoms with Gasteiger partial charge in [0.15, 0.2) is 9.84 Å². The van der Waals surface area contributed by atoms with Gasteiger partial charge in [0.2, 0.25) is 0 Å². The van der Waals surface area contributed by atoms with Crippen LogP contribution in [0.2, 0.25) is 0 Å². The Bertz CT molecular complexity index is 710. The minimum absolute atomic E-state index is 0.154. The van der Waals surface area contributed by atoms with Gasteiger partial charge in [0.1, 0.15) is 0 Å². The predicted molar refractivity (Wildman–Crippen MR) is 85.0 cm³/mol. The lowest BCUT2D eigenvalue weighted by Gasteiger charge is -2.39. The highest BCUT2D eigenvalue weighted by molar-refractivity contribution is 7.90. The topological polar surface area (TPSA) is 91.8 Å². The average Bonchev–Trinajstić information content (AvgIpc) is 2.53. The zero-order valence-electron chi connectivity index (χ0n) is 13.3. The maximum atomic E-state index is 12.6. The number of hydrogen-bond donors (Lipinski definition) is 1. The molecule has 0 saturated carbocycles. The summed E-state index contributed by atoms with van der Waals surface area (Å²) in [6.07, 6.45) is 2.79. The molecule has 0 spiro atoms. The zero-order valence-corrected chi connectivity index (χ0v) is 14.1. The van der Waals surface area contributed by atoms with Crippen molar-refractivity contribution < 1.29 is 23.1 Å². The van der Waals surface area contributed by atoms with E-state index in [0.717, 1.165) is 6.26 Å². The second-order valence-corrected chi connectivity index (χ2v) is 8.08. The molecule has 1 saturated heterocycles. The van der Waals surface area contributed by atoms with Gasteiger partial charge in [-0.3, -0.25) is 9.59 Å². The van der Waals surface area contributed by atoms with E-state index in [2.05, 4.69) is 0 Å². The van der Waals surface area contributed by atoms with Crippen LogP contribution >= 0.6 is 0 Å². The first-order valence-corrected chi connectivity index (χ1v) is 9.41. The fraction of sp³-hybridized carbons (Fsp3) is 0.500. The molecule has 1 amide bonds. The average molecular weight is 339 g/mol. The van der Waals surface area contributed by atoms with Gasteiger partial charge >= 0.3 is 5.97 Å². The number of piperidine rings is 1. The summed E-state index contributed by atoms with van der Waals surface area (Å²) in [5.74, 6) is -1.13. The van der Waals surface area contributed by atoms with Crippen molar-refractivity contribution >= 4 is 21.7 Å². The van der Waals surface area contributed by atoms with Crippen molar-refractivity contribution in [3.05, 3.63) is 29.8 Å². The number of carboxylic acids is 1. The number of amides is 1. The van der Waals surface area contributed by atoms with Crippen LogP contribution in [0, 0.1) is 5.41 Å². The maximum absolute atomic E-state index is 12.6. The van der Waals surface area contributed by atoms with E-state index >= 15 is 0 Å². The van der Waals surface area contributed by atoms with Crippen molar-refractivity contribution in [3.8, 4) is 0 Å². The van der Waals surface area contributed by atoms with Crippen LogP contribution < -0.4 is 0 Å². The molecule has 1 aromatic rings. The van der Waals surface area contributed by atoms with Crippen LogP contribution in [0.15, 0.2) is 29.2 Å². The first kappa shape index (κ1) is 17.5. The van der Waals surface area contributed by atoms with Gasteiger partial charge in [-0.05, 0) is 43.5 Å². The molecule has 1 heterocycles. The third-order valence-corrected chi connectivity index (χ3v) is 5.65. The van der Waals surface area contributed by atoms with Crippen LogP contribution in [0.5, 0.6) is 0 Å². The van der Waals surface area contributed by atoms with Gasteiger partial charge in [0, 0.05) is 24.9 Å². The summed E-state index contributed by atoms with van der Waals surface area (Å²) < 4.78 is 22.9. The molecule has 2 rings (SSSR count). The molecule has 1 N–H and O–H groups in total. The van der Waals surface area contributed by atoms with Crippen molar-refractivity contribution in [2.75, 3.05) is 19.3 Å². The molecule has 1 atom stereocenters. The number of sulfone groups is 1. The number of rotatable bonds is 4. The molecule has 6 nitrogen and oxygen atoms in total. The summed E-state index contributed by atoms with van der Waals surface area (Å²) in [7, 11) is -3.31. The van der Waals surface area contributed by atoms with Gasteiger partial charge in [-0.2, -0.15) is 0 Å². The highest BCUT2D eigenvalue weighted by Crippen LogP contribution is 2.34. The fourth-order valence-electron chi connectivity index (χ4n) is 2.95. The van der Waals surface area contributed by atoms with Crippen LogP contribution in [0.1, 0.15) is 36.5 Å². The summed E-state index contributed by atoms with van der Waals surface area (Å²) in [5, 5.41) is 9.48. The maximum Gasteiger partial charge on any atom is 0.311 e. The number of carbonyl (C=O) groups excluding carboxylic acids is 1. The molecular weight excluding hydrogens is 318 g/mol. The third-order valence-electron chi connectivity index (χ3n) is 4.52. The summed E-state index contributed by atoms with van der Waals surface area (Å²) in [6.45, 7) is 2.52. The van der Waals surface area contributed by atoms with Crippen molar-refractivity contribution in [1.29, 1.82) is 0 Å². The van der Waals surface area contributed by atoms with E-state index in [-0.39, 0.29) is 17.3 Å². The quantitative estimate of drug-likeness (QED) is 0.903. The second kappa shape index (κ2) is 6.31. The van der Waals surface area contributed by atoms with Crippen molar-refractivity contribution in [2.45, 2.75) is 31.1 Å². The number of benzene rings is 1. The van der Waals surface area contributed by atoms with E-state index in [1.807, 2.05) is 6.92 Å². The molecule has 0 radical (unpaired) electrons. The number of hydrogen-bond acceptors (Lipinski definition) is 4. The number of aliphatic carboxylic acids is 1. The Morgan fingerprint density at radius 1 is 1.26 bits per heavy atom. The Morgan fingerprint density at radius 2 is 1.87 bits per heavy atom. The normalized spacial score (nSPS) is 21.9. The van der Waals surface area contributed by atoms with Crippen LogP contribution in [-0.2, 0) is 14.6 Å². The van der Waals surface area contributed by atoms with Gasteiger partial charge in [-0.15, -0.1) is 0 Å². The van der Waals surface area contributed by atoms with Gasteiger partial charge in [0.05, 0.1) is 10.3 Å². The van der Waals surface area contributed by atoms with Gasteiger partial charge in [0.25, 0.3) is 5.91 Å². The highest BCUT2D eigenvalue weighted by Gasteiger charge is 2.42. The fourth-order valence-corrected chi connectivity index (χ4v) is 3.58. The summed E-state index contributed by atoms with van der Waals surface area (Å²) in [5.41, 5.74) is -0.518. The summed E-state index contributed by atoms with van der Waals surface area (Å²) in [4.78, 5) is 25.8. The number of carbonyl (C=O) groups is 2. The molecule has 0 aromatic heterocycles. The Balaban J connectivity index is 2.21. The number of nitrogens with zero attached hydrogens (tertiary/aromatic N) is 1. The summed E-state index contributed by atoms with van der Waals surface area (Å²) in [6, 6.07) is 5.75. The van der Waals surface area contributed by atoms with Gasteiger partial charge in [-0.25, -0.2) is 8.42 Å². The second-order valence-electron chi connectivity index (χ2n) is 6.07. The Kier molecular flexibility index (Phi) is 4.79. The van der Waals surface area contributed by atoms with Gasteiger partial charge < -0.3 is 10.0 Å². The molecule has 1 aromatic carbocycles. The molecule has 0 bridgehead atoms. The lowest BCUT2D eigenvalue weighted by Crippen LogP contribution is -2.49. The highest BCUT2D eigenvalue weighted by atomic mass is 32.2. The largest absolute Gasteiger partial charge is 0.481 e. The standard InChI is InChI=1S/C16H21NO5S/c1-3-16(15(19)20)9-4-10-17(11-16)14(18)12-5-7-13(8-6-12)23(2,21)22/h5-8H,3-4,9-11H2,1-2H3,(H,19,20). The van der Waals surface area contributed by atoms with Crippen molar-refractivity contribution in [1.82, 2.24) is 4.90 Å².